The first-order chi connectivity index (χ1) is 11.2. The van der Waals surface area contributed by atoms with E-state index in [0.29, 0.717) is 25.3 Å². The molecule has 1 unspecified atom stereocenters. The van der Waals surface area contributed by atoms with Crippen LogP contribution < -0.4 is 0 Å². The Morgan fingerprint density at radius 2 is 1.84 bits per heavy atom. The number of aliphatic hydroxyl groups is 1. The van der Waals surface area contributed by atoms with Gasteiger partial charge in [-0.25, -0.2) is 4.79 Å². The topological polar surface area (TPSA) is 59.0 Å². The van der Waals surface area contributed by atoms with Gasteiger partial charge < -0.3 is 14.3 Å². The van der Waals surface area contributed by atoms with Crippen molar-refractivity contribution in [2.75, 3.05) is 6.54 Å². The second-order valence-corrected chi connectivity index (χ2v) is 11.7. The Hall–Kier alpha value is -0.593. The smallest absolute Gasteiger partial charge is 0.412 e. The van der Waals surface area contributed by atoms with Crippen LogP contribution in [0.4, 0.5) is 4.79 Å². The Morgan fingerprint density at radius 3 is 2.24 bits per heavy atom. The highest BCUT2D eigenvalue weighted by atomic mass is 28.3. The van der Waals surface area contributed by atoms with Gasteiger partial charge in [-0.15, -0.1) is 0 Å². The van der Waals surface area contributed by atoms with Gasteiger partial charge >= 0.3 is 6.09 Å². The normalized spacial score (nSPS) is 26.2. The minimum absolute atomic E-state index is 0.0740. The minimum Gasteiger partial charge on any atom is -0.444 e. The molecule has 1 rings (SSSR count). The number of hydrogen-bond donors (Lipinski definition) is 1. The van der Waals surface area contributed by atoms with Gasteiger partial charge in [-0.3, -0.25) is 4.90 Å². The van der Waals surface area contributed by atoms with Gasteiger partial charge in [-0.2, -0.15) is 0 Å². The predicted octanol–water partition coefficient (Wildman–Crippen LogP) is 4.41. The Kier molecular flexibility index (Phi) is 7.15. The maximum atomic E-state index is 12.9. The van der Waals surface area contributed by atoms with Crippen LogP contribution in [0.1, 0.15) is 67.7 Å². The lowest BCUT2D eigenvalue weighted by atomic mass is 9.78. The van der Waals surface area contributed by atoms with Crippen molar-refractivity contribution < 1.29 is 19.1 Å². The highest BCUT2D eigenvalue weighted by molar-refractivity contribution is 6.48. The van der Waals surface area contributed by atoms with Gasteiger partial charge in [0.2, 0.25) is 9.04 Å². The molecule has 0 bridgehead atoms. The van der Waals surface area contributed by atoms with E-state index in [1.165, 1.54) is 0 Å². The highest BCUT2D eigenvalue weighted by Gasteiger charge is 2.52. The Labute approximate surface area is 155 Å². The minimum atomic E-state index is -1.03. The molecule has 0 aromatic heterocycles. The second-order valence-electron chi connectivity index (χ2n) is 9.70. The summed E-state index contributed by atoms with van der Waals surface area (Å²) in [6, 6.07) is 0. The van der Waals surface area contributed by atoms with Crippen molar-refractivity contribution in [3.8, 4) is 0 Å². The molecule has 1 saturated heterocycles. The zero-order valence-electron chi connectivity index (χ0n) is 17.6. The fourth-order valence-electron chi connectivity index (χ4n) is 3.28. The van der Waals surface area contributed by atoms with Crippen molar-refractivity contribution in [3.05, 3.63) is 0 Å². The van der Waals surface area contributed by atoms with Gasteiger partial charge in [0, 0.05) is 6.54 Å². The highest BCUT2D eigenvalue weighted by Crippen LogP contribution is 2.46. The van der Waals surface area contributed by atoms with Crippen LogP contribution in [0.2, 0.25) is 13.1 Å². The number of ether oxygens (including phenoxy) is 1. The SMILES string of the molecule is CC(O)CC[C@@]1(O[Si](C)C)C[C@H](C(C)(C)C)CN1C(=O)OC(C)(C)C. The number of carbonyl (C=O) groups is 1. The number of rotatable bonds is 5. The molecule has 25 heavy (non-hydrogen) atoms. The zero-order chi connectivity index (χ0) is 19.6. The van der Waals surface area contributed by atoms with Crippen molar-refractivity contribution in [2.45, 2.75) is 98.3 Å². The van der Waals surface area contributed by atoms with Crippen molar-refractivity contribution in [1.82, 2.24) is 4.90 Å². The zero-order valence-corrected chi connectivity index (χ0v) is 18.6. The summed E-state index contributed by atoms with van der Waals surface area (Å²) < 4.78 is 12.1. The van der Waals surface area contributed by atoms with Gasteiger partial charge in [0.05, 0.1) is 6.10 Å². The molecule has 1 amide bonds. The molecule has 147 valence electrons. The number of carbonyl (C=O) groups excluding carboxylic acids is 1. The first-order valence-corrected chi connectivity index (χ1v) is 11.7. The summed E-state index contributed by atoms with van der Waals surface area (Å²) in [5, 5.41) is 9.82. The van der Waals surface area contributed by atoms with E-state index < -0.39 is 26.5 Å². The van der Waals surface area contributed by atoms with Gasteiger partial charge in [0.1, 0.15) is 11.3 Å². The van der Waals surface area contributed by atoms with Crippen LogP contribution in [0.3, 0.4) is 0 Å². The number of aliphatic hydroxyl groups excluding tert-OH is 1. The Morgan fingerprint density at radius 1 is 1.28 bits per heavy atom. The molecule has 0 aliphatic carbocycles. The third kappa shape index (κ3) is 6.57. The molecule has 0 aromatic carbocycles. The average molecular weight is 373 g/mol. The molecular weight excluding hydrogens is 334 g/mol. The van der Waals surface area contributed by atoms with E-state index in [1.807, 2.05) is 20.8 Å². The summed E-state index contributed by atoms with van der Waals surface area (Å²) in [7, 11) is -1.03. The van der Waals surface area contributed by atoms with Crippen LogP contribution in [-0.4, -0.2) is 49.1 Å². The van der Waals surface area contributed by atoms with Crippen molar-refractivity contribution in [1.29, 1.82) is 0 Å². The second kappa shape index (κ2) is 7.97. The van der Waals surface area contributed by atoms with Gasteiger partial charge in [-0.1, -0.05) is 20.8 Å². The third-order valence-corrected chi connectivity index (χ3v) is 5.43. The average Bonchev–Trinajstić information content (AvgIpc) is 2.73. The van der Waals surface area contributed by atoms with Crippen LogP contribution >= 0.6 is 0 Å². The number of nitrogens with zero attached hydrogens (tertiary/aromatic N) is 1. The monoisotopic (exact) mass is 372 g/mol. The summed E-state index contributed by atoms with van der Waals surface area (Å²) in [5.41, 5.74) is -1.14. The van der Waals surface area contributed by atoms with E-state index in [4.69, 9.17) is 9.16 Å². The Bertz CT molecular complexity index is 453. The first-order valence-electron chi connectivity index (χ1n) is 9.34. The van der Waals surface area contributed by atoms with Crippen LogP contribution in [0.25, 0.3) is 0 Å². The largest absolute Gasteiger partial charge is 0.444 e. The van der Waals surface area contributed by atoms with Crippen LogP contribution in [0.15, 0.2) is 0 Å². The molecule has 1 heterocycles. The van der Waals surface area contributed by atoms with Crippen molar-refractivity contribution in [2.24, 2.45) is 11.3 Å². The molecule has 6 heteroatoms. The number of hydrogen-bond acceptors (Lipinski definition) is 4. The standard InChI is InChI=1S/C19H38NO4Si/c1-14(21)10-11-19(24-25(8)9)12-15(17(2,3)4)13-20(19)16(22)23-18(5,6)7/h14-15,21H,10-13H2,1-9H3/t14?,15-,19+/m0/s1. The fourth-order valence-corrected chi connectivity index (χ4v) is 4.34. The van der Waals surface area contributed by atoms with E-state index in [0.717, 1.165) is 6.42 Å². The molecule has 1 N–H and O–H groups in total. The summed E-state index contributed by atoms with van der Waals surface area (Å²) >= 11 is 0. The van der Waals surface area contributed by atoms with Crippen LogP contribution in [0.5, 0.6) is 0 Å². The quantitative estimate of drug-likeness (QED) is 0.726. The Balaban J connectivity index is 3.20. The van der Waals surface area contributed by atoms with Gasteiger partial charge in [0.25, 0.3) is 0 Å². The molecule has 1 aliphatic rings. The lowest BCUT2D eigenvalue weighted by Gasteiger charge is -2.40. The number of amides is 1. The van der Waals surface area contributed by atoms with Crippen LogP contribution in [0, 0.1) is 11.3 Å². The first kappa shape index (κ1) is 22.4. The van der Waals surface area contributed by atoms with Gasteiger partial charge in [0.15, 0.2) is 0 Å². The predicted molar refractivity (Wildman–Crippen MR) is 103 cm³/mol. The molecule has 0 aromatic rings. The molecule has 1 fully saturated rings. The molecule has 0 saturated carbocycles. The van der Waals surface area contributed by atoms with Crippen molar-refractivity contribution in [3.63, 3.8) is 0 Å². The summed E-state index contributed by atoms with van der Waals surface area (Å²) in [4.78, 5) is 14.7. The van der Waals surface area contributed by atoms with Crippen LogP contribution in [-0.2, 0) is 9.16 Å². The number of likely N-dealkylation sites (tertiary alicyclic amines) is 1. The third-order valence-electron chi connectivity index (χ3n) is 4.65. The maximum absolute atomic E-state index is 12.9. The van der Waals surface area contributed by atoms with Gasteiger partial charge in [-0.05, 0) is 71.4 Å². The molecule has 1 aliphatic heterocycles. The molecule has 0 spiro atoms. The fraction of sp³-hybridized carbons (Fsp3) is 0.947. The summed E-state index contributed by atoms with van der Waals surface area (Å²) in [6.07, 6.45) is 1.29. The van der Waals surface area contributed by atoms with Crippen molar-refractivity contribution >= 4 is 15.1 Å². The summed E-state index contributed by atoms with van der Waals surface area (Å²) in [6.45, 7) is 18.9. The van der Waals surface area contributed by atoms with E-state index >= 15 is 0 Å². The lowest BCUT2D eigenvalue weighted by molar-refractivity contribution is -0.0780. The summed E-state index contributed by atoms with van der Waals surface area (Å²) in [5.74, 6) is 0.329. The van der Waals surface area contributed by atoms with E-state index in [9.17, 15) is 9.90 Å². The molecule has 1 radical (unpaired) electrons. The lowest BCUT2D eigenvalue weighted by Crippen LogP contribution is -2.52. The molecule has 5 nitrogen and oxygen atoms in total. The molecule has 3 atom stereocenters. The molecular formula is C19H38NO4Si. The van der Waals surface area contributed by atoms with E-state index in [-0.39, 0.29) is 11.5 Å². The van der Waals surface area contributed by atoms with E-state index in [2.05, 4.69) is 33.9 Å². The van der Waals surface area contributed by atoms with E-state index in [1.54, 1.807) is 11.8 Å². The maximum Gasteiger partial charge on any atom is 0.412 e.